The lowest BCUT2D eigenvalue weighted by Gasteiger charge is -2.18. The Balaban J connectivity index is 1.12. The third-order valence-electron chi connectivity index (χ3n) is 8.59. The molecule has 0 spiro atoms. The molecule has 12 nitrogen and oxygen atoms in total. The highest BCUT2D eigenvalue weighted by Crippen LogP contribution is 2.31. The van der Waals surface area contributed by atoms with Gasteiger partial charge >= 0.3 is 16.2 Å². The van der Waals surface area contributed by atoms with Gasteiger partial charge in [-0.3, -0.25) is 14.3 Å². The normalized spacial score (nSPS) is 15.6. The van der Waals surface area contributed by atoms with Gasteiger partial charge in [0.1, 0.15) is 29.3 Å². The number of rotatable bonds is 14. The van der Waals surface area contributed by atoms with Gasteiger partial charge in [0.05, 0.1) is 30.7 Å². The van der Waals surface area contributed by atoms with Gasteiger partial charge < -0.3 is 19.0 Å². The standard InChI is InChI=1S/C35H34F3N5O7S/c1-20-15-30(50-41-20)25(35(45)48-2)5-3-4-14-49-24-8-6-21(7-9-24)22-16-26-27(18-40-34(26)39-17-22)33(44)31-28(37)10-11-29(32(31)38)42-51(46,47)43-13-12-23(36)19-43/h6-11,15-18,23,25,42H,3-5,12-14,19H2,1-2H3,(H,39,40)/t23-,25?/m1/s1. The lowest BCUT2D eigenvalue weighted by molar-refractivity contribution is -0.143. The number of hydrogen-bond donors (Lipinski definition) is 2. The molecule has 4 heterocycles. The summed E-state index contributed by atoms with van der Waals surface area (Å²) in [5.74, 6) is -3.48. The Bertz CT molecular complexity index is 2170. The summed E-state index contributed by atoms with van der Waals surface area (Å²) in [7, 11) is -3.02. The zero-order valence-electron chi connectivity index (χ0n) is 27.6. The number of pyridine rings is 1. The van der Waals surface area contributed by atoms with E-state index in [0.717, 1.165) is 22.0 Å². The summed E-state index contributed by atoms with van der Waals surface area (Å²) in [5, 5.41) is 4.14. The number of nitrogens with one attached hydrogen (secondary N) is 2. The molecule has 1 fully saturated rings. The smallest absolute Gasteiger partial charge is 0.316 e. The van der Waals surface area contributed by atoms with Crippen molar-refractivity contribution in [2.45, 2.75) is 44.7 Å². The number of carbonyl (C=O) groups is 2. The Labute approximate surface area is 291 Å². The number of unbranched alkanes of at least 4 members (excludes halogenated alkanes) is 1. The van der Waals surface area contributed by atoms with Gasteiger partial charge in [0.25, 0.3) is 0 Å². The molecule has 0 saturated carbocycles. The summed E-state index contributed by atoms with van der Waals surface area (Å²) in [6.45, 7) is 1.68. The first-order valence-corrected chi connectivity index (χ1v) is 17.5. The summed E-state index contributed by atoms with van der Waals surface area (Å²) >= 11 is 0. The largest absolute Gasteiger partial charge is 0.494 e. The topological polar surface area (TPSA) is 157 Å². The van der Waals surface area contributed by atoms with Gasteiger partial charge in [0.2, 0.25) is 5.78 Å². The highest BCUT2D eigenvalue weighted by atomic mass is 32.2. The number of benzene rings is 2. The van der Waals surface area contributed by atoms with E-state index in [-0.39, 0.29) is 18.5 Å². The molecule has 51 heavy (non-hydrogen) atoms. The van der Waals surface area contributed by atoms with Crippen molar-refractivity contribution in [1.82, 2.24) is 19.4 Å². The molecule has 2 atom stereocenters. The number of halogens is 3. The molecular weight excluding hydrogens is 691 g/mol. The summed E-state index contributed by atoms with van der Waals surface area (Å²) in [6, 6.07) is 12.2. The Morgan fingerprint density at radius 2 is 1.90 bits per heavy atom. The molecule has 2 aromatic carbocycles. The van der Waals surface area contributed by atoms with Crippen LogP contribution in [0.2, 0.25) is 0 Å². The number of esters is 1. The van der Waals surface area contributed by atoms with Crippen molar-refractivity contribution >= 4 is 38.7 Å². The van der Waals surface area contributed by atoms with Crippen molar-refractivity contribution in [3.8, 4) is 16.9 Å². The first-order chi connectivity index (χ1) is 24.4. The number of ether oxygens (including phenoxy) is 2. The number of aromatic nitrogens is 3. The maximum absolute atomic E-state index is 15.6. The van der Waals surface area contributed by atoms with E-state index in [0.29, 0.717) is 59.7 Å². The van der Waals surface area contributed by atoms with E-state index < -0.39 is 63.5 Å². The second-order valence-electron chi connectivity index (χ2n) is 12.1. The fourth-order valence-corrected chi connectivity index (χ4v) is 7.15. The Morgan fingerprint density at radius 1 is 1.12 bits per heavy atom. The minimum atomic E-state index is -4.35. The zero-order chi connectivity index (χ0) is 36.3. The van der Waals surface area contributed by atoms with Crippen LogP contribution in [0.15, 0.2) is 65.4 Å². The van der Waals surface area contributed by atoms with Crippen molar-refractivity contribution in [1.29, 1.82) is 0 Å². The molecule has 1 aliphatic heterocycles. The van der Waals surface area contributed by atoms with Gasteiger partial charge in [-0.2, -0.15) is 12.7 Å². The molecule has 268 valence electrons. The van der Waals surface area contributed by atoms with Crippen LogP contribution in [0.25, 0.3) is 22.2 Å². The highest BCUT2D eigenvalue weighted by molar-refractivity contribution is 7.90. The zero-order valence-corrected chi connectivity index (χ0v) is 28.4. The van der Waals surface area contributed by atoms with Gasteiger partial charge in [0.15, 0.2) is 11.6 Å². The van der Waals surface area contributed by atoms with E-state index in [2.05, 4.69) is 15.1 Å². The van der Waals surface area contributed by atoms with Gasteiger partial charge in [-0.1, -0.05) is 17.3 Å². The van der Waals surface area contributed by atoms with E-state index in [4.69, 9.17) is 14.0 Å². The number of carbonyl (C=O) groups excluding carboxylic acids is 2. The third-order valence-corrected chi connectivity index (χ3v) is 10.1. The number of alkyl halides is 1. The SMILES string of the molecule is COC(=O)C(CCCCOc1ccc(-c2cnc3[nH]cc(C(=O)c4c(F)ccc(NS(=O)(=O)N5CC[C@@H](F)C5)c4F)c3c2)cc1)c1cc(C)no1. The fourth-order valence-electron chi connectivity index (χ4n) is 5.88. The molecule has 1 saturated heterocycles. The molecule has 0 amide bonds. The monoisotopic (exact) mass is 725 g/mol. The molecule has 2 N–H and O–H groups in total. The van der Waals surface area contributed by atoms with E-state index in [9.17, 15) is 26.8 Å². The quantitative estimate of drug-likeness (QED) is 0.0768. The second kappa shape index (κ2) is 14.9. The molecule has 0 radical (unpaired) electrons. The van der Waals surface area contributed by atoms with Crippen molar-refractivity contribution < 1.29 is 45.2 Å². The van der Waals surface area contributed by atoms with Crippen molar-refractivity contribution in [2.75, 3.05) is 31.5 Å². The Kier molecular flexibility index (Phi) is 10.4. The minimum Gasteiger partial charge on any atom is -0.494 e. The van der Waals surface area contributed by atoms with Crippen LogP contribution in [0.3, 0.4) is 0 Å². The molecule has 0 aliphatic carbocycles. The molecule has 0 bridgehead atoms. The summed E-state index contributed by atoms with van der Waals surface area (Å²) < 4.78 is 88.5. The van der Waals surface area contributed by atoms with E-state index in [1.54, 1.807) is 49.5 Å². The molecule has 16 heteroatoms. The number of aromatic amines is 1. The molecular formula is C35H34F3N5O7S. The van der Waals surface area contributed by atoms with Gasteiger partial charge in [-0.15, -0.1) is 0 Å². The van der Waals surface area contributed by atoms with Crippen LogP contribution in [0.4, 0.5) is 18.9 Å². The van der Waals surface area contributed by atoms with Crippen LogP contribution >= 0.6 is 0 Å². The number of methoxy groups -OCH3 is 1. The van der Waals surface area contributed by atoms with E-state index in [1.807, 2.05) is 4.72 Å². The maximum atomic E-state index is 15.6. The molecule has 1 unspecified atom stereocenters. The number of nitrogens with zero attached hydrogens (tertiary/aromatic N) is 3. The van der Waals surface area contributed by atoms with Crippen LogP contribution < -0.4 is 9.46 Å². The predicted octanol–water partition coefficient (Wildman–Crippen LogP) is 6.24. The average Bonchev–Trinajstić information content (AvgIpc) is 3.87. The van der Waals surface area contributed by atoms with Crippen molar-refractivity contribution in [2.24, 2.45) is 0 Å². The average molecular weight is 726 g/mol. The number of H-pyrrole nitrogens is 1. The molecule has 5 aromatic rings. The highest BCUT2D eigenvalue weighted by Gasteiger charge is 2.33. The molecule has 3 aromatic heterocycles. The first kappa shape index (κ1) is 35.6. The lowest BCUT2D eigenvalue weighted by Crippen LogP contribution is -2.34. The number of fused-ring (bicyclic) bond motifs is 1. The van der Waals surface area contributed by atoms with Gasteiger partial charge in [0, 0.05) is 48.1 Å². The van der Waals surface area contributed by atoms with Crippen LogP contribution in [-0.2, 0) is 19.7 Å². The summed E-state index contributed by atoms with van der Waals surface area (Å²) in [5.41, 5.74) is 0.631. The fraction of sp³-hybridized carbons (Fsp3) is 0.314. The van der Waals surface area contributed by atoms with Crippen LogP contribution in [0, 0.1) is 18.6 Å². The summed E-state index contributed by atoms with van der Waals surface area (Å²) in [6.07, 6.45) is 3.35. The number of aryl methyl sites for hydroxylation is 1. The number of anilines is 1. The van der Waals surface area contributed by atoms with Crippen LogP contribution in [-0.4, -0.2) is 72.6 Å². The molecule has 6 rings (SSSR count). The number of ketones is 1. The minimum absolute atomic E-state index is 0.00125. The lowest BCUT2D eigenvalue weighted by atomic mass is 9.99. The number of hydrogen-bond acceptors (Lipinski definition) is 9. The Hall–Kier alpha value is -5.22. The molecule has 1 aliphatic rings. The summed E-state index contributed by atoms with van der Waals surface area (Å²) in [4.78, 5) is 33.0. The van der Waals surface area contributed by atoms with Crippen molar-refractivity contribution in [3.05, 3.63) is 95.1 Å². The third kappa shape index (κ3) is 7.76. The van der Waals surface area contributed by atoms with E-state index >= 15 is 4.39 Å². The van der Waals surface area contributed by atoms with Crippen molar-refractivity contribution in [3.63, 3.8) is 0 Å². The van der Waals surface area contributed by atoms with Crippen LogP contribution in [0.1, 0.15) is 59.0 Å². The van der Waals surface area contributed by atoms with Gasteiger partial charge in [-0.25, -0.2) is 18.2 Å². The maximum Gasteiger partial charge on any atom is 0.316 e. The predicted molar refractivity (Wildman–Crippen MR) is 180 cm³/mol. The Morgan fingerprint density at radius 3 is 2.59 bits per heavy atom. The van der Waals surface area contributed by atoms with E-state index in [1.165, 1.54) is 13.3 Å². The van der Waals surface area contributed by atoms with Crippen LogP contribution in [0.5, 0.6) is 5.75 Å². The van der Waals surface area contributed by atoms with Gasteiger partial charge in [-0.05, 0) is 68.5 Å². The first-order valence-electron chi connectivity index (χ1n) is 16.1. The second-order valence-corrected chi connectivity index (χ2v) is 13.8.